The zero-order chi connectivity index (χ0) is 12.4. The van der Waals surface area contributed by atoms with Crippen LogP contribution in [-0.2, 0) is 6.42 Å². The van der Waals surface area contributed by atoms with Crippen LogP contribution in [0.2, 0.25) is 0 Å². The lowest BCUT2D eigenvalue weighted by Crippen LogP contribution is -2.01. The normalized spacial score (nSPS) is 15.0. The van der Waals surface area contributed by atoms with E-state index in [0.717, 1.165) is 24.8 Å². The van der Waals surface area contributed by atoms with E-state index in [4.69, 9.17) is 0 Å². The maximum atomic E-state index is 12.1. The molecule has 0 bridgehead atoms. The zero-order valence-electron chi connectivity index (χ0n) is 10.4. The molecule has 0 atom stereocenters. The van der Waals surface area contributed by atoms with Gasteiger partial charge in [0.05, 0.1) is 0 Å². The average Bonchev–Trinajstić information content (AvgIpc) is 2.62. The molecule has 90 valence electrons. The first-order valence-electron chi connectivity index (χ1n) is 6.57. The lowest BCUT2D eigenvalue weighted by Gasteiger charge is -2.11. The molecular formula is C17H16O. The molecule has 0 unspecified atom stereocenters. The molecule has 0 saturated heterocycles. The molecule has 18 heavy (non-hydrogen) atoms. The smallest absolute Gasteiger partial charge is 0.163 e. The standard InChI is InChI=1S/C17H16O/c18-17-12-5-4-9-15-14(10-6-11-16(15)17)13-7-2-1-3-8-13/h1-3,6-8,10-11H,4-5,9,12H2. The number of fused-ring (bicyclic) bond motifs is 1. The predicted molar refractivity (Wildman–Crippen MR) is 73.8 cm³/mol. The van der Waals surface area contributed by atoms with E-state index in [9.17, 15) is 4.79 Å². The van der Waals surface area contributed by atoms with Gasteiger partial charge in [0.2, 0.25) is 0 Å². The van der Waals surface area contributed by atoms with Gasteiger partial charge in [-0.3, -0.25) is 4.79 Å². The summed E-state index contributed by atoms with van der Waals surface area (Å²) in [6.45, 7) is 0. The summed E-state index contributed by atoms with van der Waals surface area (Å²) in [5, 5.41) is 0. The molecule has 0 aliphatic heterocycles. The molecule has 0 aromatic heterocycles. The van der Waals surface area contributed by atoms with Gasteiger partial charge >= 0.3 is 0 Å². The SMILES string of the molecule is O=C1CCCCc2c1cccc2-c1ccccc1. The fraction of sp³-hybridized carbons (Fsp3) is 0.235. The number of benzene rings is 2. The van der Waals surface area contributed by atoms with E-state index in [1.165, 1.54) is 16.7 Å². The van der Waals surface area contributed by atoms with E-state index in [2.05, 4.69) is 18.2 Å². The van der Waals surface area contributed by atoms with Crippen LogP contribution in [0.25, 0.3) is 11.1 Å². The maximum Gasteiger partial charge on any atom is 0.163 e. The topological polar surface area (TPSA) is 17.1 Å². The fourth-order valence-electron chi connectivity index (χ4n) is 2.73. The third kappa shape index (κ3) is 1.97. The lowest BCUT2D eigenvalue weighted by molar-refractivity contribution is 0.0982. The first kappa shape index (κ1) is 11.2. The summed E-state index contributed by atoms with van der Waals surface area (Å²) in [4.78, 5) is 12.1. The summed E-state index contributed by atoms with van der Waals surface area (Å²) in [7, 11) is 0. The summed E-state index contributed by atoms with van der Waals surface area (Å²) in [5.74, 6) is 0.306. The molecule has 0 N–H and O–H groups in total. The minimum Gasteiger partial charge on any atom is -0.294 e. The van der Waals surface area contributed by atoms with Gasteiger partial charge in [0.15, 0.2) is 5.78 Å². The minimum atomic E-state index is 0.306. The summed E-state index contributed by atoms with van der Waals surface area (Å²) in [6.07, 6.45) is 3.85. The molecule has 1 nitrogen and oxygen atoms in total. The maximum absolute atomic E-state index is 12.1. The van der Waals surface area contributed by atoms with Gasteiger partial charge in [0, 0.05) is 12.0 Å². The first-order chi connectivity index (χ1) is 8.86. The zero-order valence-corrected chi connectivity index (χ0v) is 10.4. The Balaban J connectivity index is 2.17. The van der Waals surface area contributed by atoms with Crippen LogP contribution < -0.4 is 0 Å². The minimum absolute atomic E-state index is 0.306. The monoisotopic (exact) mass is 236 g/mol. The highest BCUT2D eigenvalue weighted by molar-refractivity contribution is 5.99. The molecule has 0 amide bonds. The van der Waals surface area contributed by atoms with Crippen LogP contribution in [0.4, 0.5) is 0 Å². The Morgan fingerprint density at radius 1 is 0.722 bits per heavy atom. The van der Waals surface area contributed by atoms with Gasteiger partial charge in [-0.2, -0.15) is 0 Å². The van der Waals surface area contributed by atoms with Gasteiger partial charge in [-0.25, -0.2) is 0 Å². The van der Waals surface area contributed by atoms with Gasteiger partial charge in [-0.05, 0) is 36.0 Å². The van der Waals surface area contributed by atoms with Crippen molar-refractivity contribution in [3.63, 3.8) is 0 Å². The van der Waals surface area contributed by atoms with Crippen LogP contribution in [-0.4, -0.2) is 5.78 Å². The molecule has 2 aromatic rings. The van der Waals surface area contributed by atoms with Crippen LogP contribution in [0.5, 0.6) is 0 Å². The molecule has 0 fully saturated rings. The van der Waals surface area contributed by atoms with Gasteiger partial charge in [0.1, 0.15) is 0 Å². The second-order valence-corrected chi connectivity index (χ2v) is 4.83. The van der Waals surface area contributed by atoms with Crippen molar-refractivity contribution in [3.8, 4) is 11.1 Å². The Morgan fingerprint density at radius 3 is 2.28 bits per heavy atom. The molecule has 0 spiro atoms. The summed E-state index contributed by atoms with van der Waals surface area (Å²) < 4.78 is 0. The number of hydrogen-bond donors (Lipinski definition) is 0. The Labute approximate surface area is 107 Å². The van der Waals surface area contributed by atoms with Crippen molar-refractivity contribution in [2.45, 2.75) is 25.7 Å². The highest BCUT2D eigenvalue weighted by Gasteiger charge is 2.18. The molecule has 3 rings (SSSR count). The third-order valence-electron chi connectivity index (χ3n) is 3.64. The Kier molecular flexibility index (Phi) is 2.97. The van der Waals surface area contributed by atoms with Crippen molar-refractivity contribution >= 4 is 5.78 Å². The number of Topliss-reactive ketones (excluding diaryl/α,β-unsaturated/α-hetero) is 1. The molecule has 0 heterocycles. The summed E-state index contributed by atoms with van der Waals surface area (Å²) in [6, 6.07) is 16.5. The van der Waals surface area contributed by atoms with Gasteiger partial charge in [-0.1, -0.05) is 48.5 Å². The number of hydrogen-bond acceptors (Lipinski definition) is 1. The average molecular weight is 236 g/mol. The van der Waals surface area contributed by atoms with E-state index in [1.807, 2.05) is 30.3 Å². The molecule has 0 saturated carbocycles. The highest BCUT2D eigenvalue weighted by Crippen LogP contribution is 2.30. The van der Waals surface area contributed by atoms with E-state index in [0.29, 0.717) is 12.2 Å². The third-order valence-corrected chi connectivity index (χ3v) is 3.64. The van der Waals surface area contributed by atoms with Gasteiger partial charge in [-0.15, -0.1) is 0 Å². The van der Waals surface area contributed by atoms with Crippen LogP contribution in [0.15, 0.2) is 48.5 Å². The fourth-order valence-corrected chi connectivity index (χ4v) is 2.73. The number of rotatable bonds is 1. The Bertz CT molecular complexity index is 569. The molecule has 1 aliphatic carbocycles. The van der Waals surface area contributed by atoms with E-state index in [1.54, 1.807) is 0 Å². The quantitative estimate of drug-likeness (QED) is 0.676. The second-order valence-electron chi connectivity index (χ2n) is 4.83. The molecular weight excluding hydrogens is 220 g/mol. The van der Waals surface area contributed by atoms with Crippen molar-refractivity contribution in [2.24, 2.45) is 0 Å². The van der Waals surface area contributed by atoms with Crippen LogP contribution in [0.3, 0.4) is 0 Å². The van der Waals surface area contributed by atoms with E-state index < -0.39 is 0 Å². The summed E-state index contributed by atoms with van der Waals surface area (Å²) in [5.41, 5.74) is 4.62. The van der Waals surface area contributed by atoms with Crippen LogP contribution in [0, 0.1) is 0 Å². The van der Waals surface area contributed by atoms with Crippen LogP contribution >= 0.6 is 0 Å². The van der Waals surface area contributed by atoms with Gasteiger partial charge in [0.25, 0.3) is 0 Å². The largest absolute Gasteiger partial charge is 0.294 e. The van der Waals surface area contributed by atoms with E-state index >= 15 is 0 Å². The number of ketones is 1. The number of carbonyl (C=O) groups is 1. The molecule has 1 heteroatoms. The summed E-state index contributed by atoms with van der Waals surface area (Å²) >= 11 is 0. The Morgan fingerprint density at radius 2 is 1.44 bits per heavy atom. The van der Waals surface area contributed by atoms with Crippen molar-refractivity contribution in [1.29, 1.82) is 0 Å². The lowest BCUT2D eigenvalue weighted by atomic mass is 9.92. The number of carbonyl (C=O) groups excluding carboxylic acids is 1. The second kappa shape index (κ2) is 4.77. The van der Waals surface area contributed by atoms with Crippen LogP contribution in [0.1, 0.15) is 35.2 Å². The van der Waals surface area contributed by atoms with Crippen molar-refractivity contribution < 1.29 is 4.79 Å². The Hall–Kier alpha value is -1.89. The molecule has 0 radical (unpaired) electrons. The van der Waals surface area contributed by atoms with Crippen molar-refractivity contribution in [1.82, 2.24) is 0 Å². The van der Waals surface area contributed by atoms with Crippen molar-refractivity contribution in [2.75, 3.05) is 0 Å². The van der Waals surface area contributed by atoms with Crippen molar-refractivity contribution in [3.05, 3.63) is 59.7 Å². The van der Waals surface area contributed by atoms with Gasteiger partial charge < -0.3 is 0 Å². The first-order valence-corrected chi connectivity index (χ1v) is 6.57. The van der Waals surface area contributed by atoms with E-state index in [-0.39, 0.29) is 0 Å². The molecule has 1 aliphatic rings. The predicted octanol–water partition coefficient (Wildman–Crippen LogP) is 4.26. The molecule has 2 aromatic carbocycles. The highest BCUT2D eigenvalue weighted by atomic mass is 16.1.